The quantitative estimate of drug-likeness (QED) is 0.719. The molecule has 0 fully saturated rings. The molecule has 0 saturated heterocycles. The molecule has 0 aliphatic rings. The van der Waals surface area contributed by atoms with Gasteiger partial charge in [-0.1, -0.05) is 44.2 Å². The summed E-state index contributed by atoms with van der Waals surface area (Å²) in [7, 11) is 1.75. The number of benzene rings is 1. The minimum Gasteiger partial charge on any atom is -0.383 e. The van der Waals surface area contributed by atoms with E-state index in [0.29, 0.717) is 6.04 Å². The average molecular weight is 264 g/mol. The molecule has 0 aromatic heterocycles. The Labute approximate surface area is 117 Å². The molecule has 1 rings (SSSR count). The van der Waals surface area contributed by atoms with Gasteiger partial charge in [-0.05, 0) is 24.9 Å². The molecule has 1 aromatic carbocycles. The molecular weight excluding hydrogens is 236 g/mol. The fraction of sp³-hybridized carbons (Fsp3) is 0.625. The third kappa shape index (κ3) is 5.72. The van der Waals surface area contributed by atoms with Gasteiger partial charge >= 0.3 is 0 Å². The highest BCUT2D eigenvalue weighted by molar-refractivity contribution is 5.23. The molecule has 3 N–H and O–H groups in total. The number of hydrogen-bond donors (Lipinski definition) is 2. The summed E-state index contributed by atoms with van der Waals surface area (Å²) in [5.41, 5.74) is 7.06. The highest BCUT2D eigenvalue weighted by Crippen LogP contribution is 2.22. The van der Waals surface area contributed by atoms with Gasteiger partial charge in [-0.25, -0.2) is 0 Å². The van der Waals surface area contributed by atoms with Gasteiger partial charge < -0.3 is 15.8 Å². The maximum Gasteiger partial charge on any atom is 0.0615 e. The Morgan fingerprint density at radius 2 is 1.95 bits per heavy atom. The van der Waals surface area contributed by atoms with E-state index in [1.807, 2.05) is 0 Å². The maximum absolute atomic E-state index is 5.58. The topological polar surface area (TPSA) is 47.3 Å². The Kier molecular flexibility index (Phi) is 7.06. The number of hydrogen-bond acceptors (Lipinski definition) is 3. The van der Waals surface area contributed by atoms with Crippen LogP contribution in [0.2, 0.25) is 0 Å². The first kappa shape index (κ1) is 16.2. The number of nitrogens with two attached hydrogens (primary N) is 1. The third-order valence-electron chi connectivity index (χ3n) is 3.51. The van der Waals surface area contributed by atoms with Crippen LogP contribution in [0.4, 0.5) is 0 Å². The van der Waals surface area contributed by atoms with Crippen molar-refractivity contribution in [2.75, 3.05) is 26.8 Å². The van der Waals surface area contributed by atoms with Crippen molar-refractivity contribution in [3.8, 4) is 0 Å². The van der Waals surface area contributed by atoms with E-state index in [4.69, 9.17) is 10.5 Å². The summed E-state index contributed by atoms with van der Waals surface area (Å²) < 4.78 is 5.27. The maximum atomic E-state index is 5.58. The molecule has 1 unspecified atom stereocenters. The first-order valence-electron chi connectivity index (χ1n) is 7.08. The largest absolute Gasteiger partial charge is 0.383 e. The zero-order valence-corrected chi connectivity index (χ0v) is 12.5. The van der Waals surface area contributed by atoms with Crippen LogP contribution in [-0.2, 0) is 10.2 Å². The third-order valence-corrected chi connectivity index (χ3v) is 3.51. The van der Waals surface area contributed by atoms with Gasteiger partial charge in [0.05, 0.1) is 6.61 Å². The molecule has 1 atom stereocenters. The zero-order valence-electron chi connectivity index (χ0n) is 12.5. The van der Waals surface area contributed by atoms with Crippen LogP contribution in [0, 0.1) is 0 Å². The predicted octanol–water partition coefficient (Wildman–Crippen LogP) is 2.31. The fourth-order valence-electron chi connectivity index (χ4n) is 2.20. The number of nitrogens with one attached hydrogen (secondary N) is 1. The Morgan fingerprint density at radius 3 is 2.53 bits per heavy atom. The molecule has 19 heavy (non-hydrogen) atoms. The van der Waals surface area contributed by atoms with Crippen LogP contribution < -0.4 is 11.1 Å². The summed E-state index contributed by atoms with van der Waals surface area (Å²) in [4.78, 5) is 0. The van der Waals surface area contributed by atoms with E-state index in [0.717, 1.165) is 32.5 Å². The molecule has 3 nitrogen and oxygen atoms in total. The van der Waals surface area contributed by atoms with Crippen LogP contribution in [0.3, 0.4) is 0 Å². The molecule has 1 aromatic rings. The Balaban J connectivity index is 2.52. The lowest BCUT2D eigenvalue weighted by atomic mass is 9.84. The molecule has 0 saturated carbocycles. The van der Waals surface area contributed by atoms with Gasteiger partial charge in [0.2, 0.25) is 0 Å². The molecule has 3 heteroatoms. The molecule has 0 aliphatic carbocycles. The van der Waals surface area contributed by atoms with Crippen molar-refractivity contribution < 1.29 is 4.74 Å². The summed E-state index contributed by atoms with van der Waals surface area (Å²) in [5, 5.41) is 3.61. The molecule has 0 amide bonds. The monoisotopic (exact) mass is 264 g/mol. The van der Waals surface area contributed by atoms with E-state index in [1.54, 1.807) is 7.11 Å². The van der Waals surface area contributed by atoms with Crippen LogP contribution in [0.25, 0.3) is 0 Å². The lowest BCUT2D eigenvalue weighted by Crippen LogP contribution is -2.41. The minimum absolute atomic E-state index is 0.121. The van der Waals surface area contributed by atoms with Gasteiger partial charge in [0.25, 0.3) is 0 Å². The summed E-state index contributed by atoms with van der Waals surface area (Å²) in [6, 6.07) is 11.0. The Morgan fingerprint density at radius 1 is 1.26 bits per heavy atom. The van der Waals surface area contributed by atoms with Crippen molar-refractivity contribution >= 4 is 0 Å². The van der Waals surface area contributed by atoms with Crippen LogP contribution in [0.15, 0.2) is 30.3 Å². The fourth-order valence-corrected chi connectivity index (χ4v) is 2.20. The van der Waals surface area contributed by atoms with E-state index >= 15 is 0 Å². The minimum atomic E-state index is 0.121. The average Bonchev–Trinajstić information content (AvgIpc) is 2.43. The van der Waals surface area contributed by atoms with E-state index in [9.17, 15) is 0 Å². The van der Waals surface area contributed by atoms with Gasteiger partial charge in [-0.3, -0.25) is 0 Å². The van der Waals surface area contributed by atoms with Crippen molar-refractivity contribution in [1.82, 2.24) is 5.32 Å². The molecule has 0 radical (unpaired) electrons. The van der Waals surface area contributed by atoms with Gasteiger partial charge in [-0.15, -0.1) is 0 Å². The Hall–Kier alpha value is -0.900. The van der Waals surface area contributed by atoms with E-state index < -0.39 is 0 Å². The van der Waals surface area contributed by atoms with Crippen molar-refractivity contribution in [3.05, 3.63) is 35.9 Å². The SMILES string of the molecule is COCC(CCCN)NCC(C)(C)c1ccccc1. The predicted molar refractivity (Wildman–Crippen MR) is 81.4 cm³/mol. The summed E-state index contributed by atoms with van der Waals surface area (Å²) in [6.07, 6.45) is 2.10. The summed E-state index contributed by atoms with van der Waals surface area (Å²) in [5.74, 6) is 0. The van der Waals surface area contributed by atoms with Crippen LogP contribution >= 0.6 is 0 Å². The number of methoxy groups -OCH3 is 1. The number of ether oxygens (including phenoxy) is 1. The lowest BCUT2D eigenvalue weighted by molar-refractivity contribution is 0.158. The highest BCUT2D eigenvalue weighted by Gasteiger charge is 2.21. The molecular formula is C16H28N2O. The molecule has 0 bridgehead atoms. The van der Waals surface area contributed by atoms with Gasteiger partial charge in [-0.2, -0.15) is 0 Å². The highest BCUT2D eigenvalue weighted by atomic mass is 16.5. The second-order valence-corrected chi connectivity index (χ2v) is 5.71. The van der Waals surface area contributed by atoms with E-state index in [-0.39, 0.29) is 5.41 Å². The summed E-state index contributed by atoms with van der Waals surface area (Å²) >= 11 is 0. The van der Waals surface area contributed by atoms with Crippen molar-refractivity contribution in [2.45, 2.75) is 38.1 Å². The smallest absolute Gasteiger partial charge is 0.0615 e. The normalized spacial score (nSPS) is 13.5. The van der Waals surface area contributed by atoms with E-state index in [2.05, 4.69) is 49.5 Å². The molecule has 0 aliphatic heterocycles. The van der Waals surface area contributed by atoms with Gasteiger partial charge in [0, 0.05) is 25.1 Å². The molecule has 108 valence electrons. The molecule has 0 heterocycles. The lowest BCUT2D eigenvalue weighted by Gasteiger charge is -2.29. The van der Waals surface area contributed by atoms with Crippen LogP contribution in [0.5, 0.6) is 0 Å². The second kappa shape index (κ2) is 8.31. The summed E-state index contributed by atoms with van der Waals surface area (Å²) in [6.45, 7) is 6.95. The van der Waals surface area contributed by atoms with Crippen molar-refractivity contribution in [3.63, 3.8) is 0 Å². The zero-order chi connectivity index (χ0) is 14.1. The number of rotatable bonds is 9. The van der Waals surface area contributed by atoms with Crippen LogP contribution in [0.1, 0.15) is 32.3 Å². The van der Waals surface area contributed by atoms with Gasteiger partial charge in [0.15, 0.2) is 0 Å². The first-order chi connectivity index (χ1) is 9.10. The van der Waals surface area contributed by atoms with Crippen LogP contribution in [-0.4, -0.2) is 32.8 Å². The standard InChI is InChI=1S/C16H28N2O/c1-16(2,14-8-5-4-6-9-14)13-18-15(12-19-3)10-7-11-17/h4-6,8-9,15,18H,7,10-13,17H2,1-3H3. The molecule has 0 spiro atoms. The first-order valence-corrected chi connectivity index (χ1v) is 7.08. The van der Waals surface area contributed by atoms with Crippen molar-refractivity contribution in [1.29, 1.82) is 0 Å². The van der Waals surface area contributed by atoms with Crippen molar-refractivity contribution in [2.24, 2.45) is 5.73 Å². The second-order valence-electron chi connectivity index (χ2n) is 5.71. The van der Waals surface area contributed by atoms with E-state index in [1.165, 1.54) is 5.56 Å². The van der Waals surface area contributed by atoms with Gasteiger partial charge in [0.1, 0.15) is 0 Å². The Bertz CT molecular complexity index is 338.